The topological polar surface area (TPSA) is 197 Å². The zero-order valence-corrected chi connectivity index (χ0v) is 34.7. The van der Waals surface area contributed by atoms with Gasteiger partial charge in [-0.1, -0.05) is 113 Å². The number of fused-ring (bicyclic) bond motifs is 1. The molecule has 5 atom stereocenters. The quantitative estimate of drug-likeness (QED) is 0.0346. The van der Waals surface area contributed by atoms with Crippen LogP contribution >= 0.6 is 0 Å². The molecule has 0 saturated carbocycles. The number of unbranched alkanes of at least 4 members (excludes halogenated alkanes) is 6. The number of nitrogens with zero attached hydrogens (tertiary/aromatic N) is 1. The first-order chi connectivity index (χ1) is 28.7. The first-order valence-corrected chi connectivity index (χ1v) is 21.6. The number of para-hydroxylation sites is 1. The molecule has 0 spiro atoms. The van der Waals surface area contributed by atoms with Gasteiger partial charge in [0.25, 0.3) is 0 Å². The number of rotatable bonds is 18. The van der Waals surface area contributed by atoms with E-state index in [-0.39, 0.29) is 42.1 Å². The maximum absolute atomic E-state index is 14.5. The number of carbonyl (C=O) groups excluding carboxylic acids is 3. The van der Waals surface area contributed by atoms with Crippen molar-refractivity contribution >= 4 is 34.6 Å². The summed E-state index contributed by atoms with van der Waals surface area (Å²) in [4.78, 5) is 50.8. The van der Waals surface area contributed by atoms with Crippen LogP contribution in [-0.4, -0.2) is 71.2 Å². The number of phenols is 1. The largest absolute Gasteiger partial charge is 0.508 e. The van der Waals surface area contributed by atoms with Gasteiger partial charge in [-0.3, -0.25) is 19.4 Å². The summed E-state index contributed by atoms with van der Waals surface area (Å²) in [5.41, 5.74) is 15.0. The molecule has 1 saturated heterocycles. The fourth-order valence-electron chi connectivity index (χ4n) is 7.89. The maximum atomic E-state index is 14.5. The van der Waals surface area contributed by atoms with Gasteiger partial charge in [0.15, 0.2) is 5.96 Å². The van der Waals surface area contributed by atoms with Gasteiger partial charge in [-0.25, -0.2) is 0 Å². The predicted octanol–water partition coefficient (Wildman–Crippen LogP) is 6.35. The Labute approximate surface area is 349 Å². The molecule has 318 valence electrons. The van der Waals surface area contributed by atoms with Crippen LogP contribution in [0.3, 0.4) is 0 Å². The number of guanidine groups is 1. The standard InChI is InChI=1S/C47H65N7O5/c1-2-3-4-5-6-7-11-20-42-45(57)53-39(28-34-21-25-40(55)26-22-34)32-59-43(29-33-15-9-8-10-16-33)46(58)52-37(18-14-27-50-47(48)49)24-23-36(44(56)54-42)31-38-30-35-17-12-13-19-41(35)51-38/h8-10,12-13,15-17,19,21-22,25-26,30,36-37,39,42-43,51,55H,2-7,11,14,18,20,23-24,27-29,31-32H2,1H3,(H,52,58)(H,53,57)(H,54,56)(H4,48,49,50)/t36-,37-,39-,42?,43+/m0/s1. The second-order valence-corrected chi connectivity index (χ2v) is 16.1. The number of aromatic hydroxyl groups is 1. The molecule has 1 unspecified atom stereocenters. The van der Waals surface area contributed by atoms with Gasteiger partial charge >= 0.3 is 0 Å². The van der Waals surface area contributed by atoms with Crippen LogP contribution in [0.25, 0.3) is 10.9 Å². The molecule has 3 aromatic carbocycles. The molecule has 12 heteroatoms. The van der Waals surface area contributed by atoms with Crippen LogP contribution < -0.4 is 27.4 Å². The lowest BCUT2D eigenvalue weighted by molar-refractivity contribution is -0.134. The summed E-state index contributed by atoms with van der Waals surface area (Å²) < 4.78 is 6.50. The van der Waals surface area contributed by atoms with E-state index in [4.69, 9.17) is 16.2 Å². The Balaban J connectivity index is 1.47. The number of H-pyrrole nitrogens is 1. The lowest BCUT2D eigenvalue weighted by Crippen LogP contribution is -2.52. The van der Waals surface area contributed by atoms with Crippen molar-refractivity contribution in [1.82, 2.24) is 20.9 Å². The van der Waals surface area contributed by atoms with Gasteiger partial charge < -0.3 is 42.2 Å². The predicted molar refractivity (Wildman–Crippen MR) is 235 cm³/mol. The van der Waals surface area contributed by atoms with E-state index in [1.54, 1.807) is 12.1 Å². The lowest BCUT2D eigenvalue weighted by Gasteiger charge is -2.26. The number of phenolic OH excluding ortho intramolecular Hbond substituents is 1. The first kappa shape index (κ1) is 44.7. The maximum Gasteiger partial charge on any atom is 0.249 e. The van der Waals surface area contributed by atoms with Crippen LogP contribution in [0.1, 0.15) is 101 Å². The molecule has 1 aromatic heterocycles. The first-order valence-electron chi connectivity index (χ1n) is 21.6. The summed E-state index contributed by atoms with van der Waals surface area (Å²) >= 11 is 0. The minimum atomic E-state index is -0.854. The molecule has 1 fully saturated rings. The highest BCUT2D eigenvalue weighted by Crippen LogP contribution is 2.23. The van der Waals surface area contributed by atoms with E-state index < -0.39 is 24.1 Å². The third-order valence-corrected chi connectivity index (χ3v) is 11.2. The highest BCUT2D eigenvalue weighted by molar-refractivity contribution is 5.89. The highest BCUT2D eigenvalue weighted by atomic mass is 16.5. The monoisotopic (exact) mass is 808 g/mol. The number of nitrogens with one attached hydrogen (secondary N) is 4. The molecule has 12 nitrogen and oxygen atoms in total. The summed E-state index contributed by atoms with van der Waals surface area (Å²) in [6.07, 6.45) is 10.6. The molecule has 0 aliphatic carbocycles. The molecule has 0 bridgehead atoms. The van der Waals surface area contributed by atoms with Crippen molar-refractivity contribution in [3.05, 3.63) is 102 Å². The van der Waals surface area contributed by atoms with E-state index in [1.807, 2.05) is 66.7 Å². The Morgan fingerprint density at radius 2 is 1.41 bits per heavy atom. The number of benzene rings is 3. The Morgan fingerprint density at radius 1 is 0.712 bits per heavy atom. The van der Waals surface area contributed by atoms with Gasteiger partial charge in [-0.15, -0.1) is 0 Å². The van der Waals surface area contributed by atoms with Crippen LogP contribution in [0.15, 0.2) is 89.9 Å². The van der Waals surface area contributed by atoms with Crippen molar-refractivity contribution in [2.75, 3.05) is 13.2 Å². The number of aromatic amines is 1. The Kier molecular flexibility index (Phi) is 18.1. The summed E-state index contributed by atoms with van der Waals surface area (Å²) in [6, 6.07) is 25.1. The molecule has 59 heavy (non-hydrogen) atoms. The lowest BCUT2D eigenvalue weighted by atomic mass is 9.92. The summed E-state index contributed by atoms with van der Waals surface area (Å²) in [5.74, 6) is -1.07. The van der Waals surface area contributed by atoms with E-state index in [2.05, 4.69) is 38.9 Å². The number of aliphatic imine (C=N–C) groups is 1. The smallest absolute Gasteiger partial charge is 0.249 e. The van der Waals surface area contributed by atoms with Crippen molar-refractivity contribution in [3.63, 3.8) is 0 Å². The molecule has 1 aliphatic rings. The fraction of sp³-hybridized carbons (Fsp3) is 0.489. The Morgan fingerprint density at radius 3 is 2.15 bits per heavy atom. The Hall–Kier alpha value is -5.36. The van der Waals surface area contributed by atoms with Crippen molar-refractivity contribution in [2.24, 2.45) is 22.4 Å². The van der Waals surface area contributed by atoms with Crippen molar-refractivity contribution in [3.8, 4) is 5.75 Å². The summed E-state index contributed by atoms with van der Waals surface area (Å²) in [5, 5.41) is 20.7. The molecule has 3 amide bonds. The number of ether oxygens (including phenoxy) is 1. The SMILES string of the molecule is CCCCCCCCCC1NC(=O)[C@H](Cc2cc3ccccc3[nH]2)CC[C@H](CCCN=C(N)N)NC(=O)[C@@H](Cc2ccccc2)OC[C@H](Cc2ccc(O)cc2)NC1=O. The van der Waals surface area contributed by atoms with Crippen LogP contribution in [0.2, 0.25) is 0 Å². The normalized spacial score (nSPS) is 20.8. The van der Waals surface area contributed by atoms with E-state index in [1.165, 1.54) is 19.3 Å². The van der Waals surface area contributed by atoms with Gasteiger partial charge in [0, 0.05) is 36.1 Å². The third kappa shape index (κ3) is 15.4. The van der Waals surface area contributed by atoms with Crippen LogP contribution in [0.4, 0.5) is 0 Å². The zero-order valence-electron chi connectivity index (χ0n) is 34.7. The summed E-state index contributed by atoms with van der Waals surface area (Å²) in [7, 11) is 0. The van der Waals surface area contributed by atoms with Gasteiger partial charge in [0.1, 0.15) is 17.9 Å². The number of aromatic nitrogens is 1. The summed E-state index contributed by atoms with van der Waals surface area (Å²) in [6.45, 7) is 2.66. The molecule has 0 radical (unpaired) electrons. The van der Waals surface area contributed by atoms with Gasteiger partial charge in [-0.2, -0.15) is 0 Å². The average molecular weight is 808 g/mol. The molecular formula is C47H65N7O5. The fourth-order valence-corrected chi connectivity index (χ4v) is 7.89. The van der Waals surface area contributed by atoms with E-state index in [0.29, 0.717) is 57.9 Å². The minimum Gasteiger partial charge on any atom is -0.508 e. The second kappa shape index (κ2) is 23.9. The van der Waals surface area contributed by atoms with E-state index >= 15 is 0 Å². The zero-order chi connectivity index (χ0) is 41.8. The van der Waals surface area contributed by atoms with Gasteiger partial charge in [0.2, 0.25) is 17.7 Å². The van der Waals surface area contributed by atoms with E-state index in [9.17, 15) is 19.5 Å². The minimum absolute atomic E-state index is 0.0126. The molecule has 9 N–H and O–H groups in total. The number of carbonyl (C=O) groups is 3. The highest BCUT2D eigenvalue weighted by Gasteiger charge is 2.31. The number of hydrogen-bond acceptors (Lipinski definition) is 6. The molecule has 4 aromatic rings. The van der Waals surface area contributed by atoms with Gasteiger partial charge in [0.05, 0.1) is 12.6 Å². The van der Waals surface area contributed by atoms with Crippen molar-refractivity contribution in [2.45, 2.75) is 127 Å². The van der Waals surface area contributed by atoms with Crippen LogP contribution in [0, 0.1) is 5.92 Å². The Bertz CT molecular complexity index is 1880. The van der Waals surface area contributed by atoms with Crippen molar-refractivity contribution in [1.29, 1.82) is 0 Å². The second-order valence-electron chi connectivity index (χ2n) is 16.1. The molecule has 5 rings (SSSR count). The average Bonchev–Trinajstić information content (AvgIpc) is 3.64. The van der Waals surface area contributed by atoms with Gasteiger partial charge in [-0.05, 0) is 85.7 Å². The molecule has 1 aliphatic heterocycles. The molecular weight excluding hydrogens is 743 g/mol. The van der Waals surface area contributed by atoms with Crippen molar-refractivity contribution < 1.29 is 24.2 Å². The number of nitrogens with two attached hydrogens (primary N) is 2. The molecule has 2 heterocycles. The number of amides is 3. The third-order valence-electron chi connectivity index (χ3n) is 11.2. The van der Waals surface area contributed by atoms with E-state index in [0.717, 1.165) is 53.4 Å². The number of hydrogen-bond donors (Lipinski definition) is 7. The van der Waals surface area contributed by atoms with Crippen LogP contribution in [-0.2, 0) is 38.4 Å². The van der Waals surface area contributed by atoms with Crippen LogP contribution in [0.5, 0.6) is 5.75 Å².